The van der Waals surface area contributed by atoms with E-state index in [0.717, 1.165) is 44.6 Å². The number of alkyl halides is 6. The molecule has 0 aliphatic carbocycles. The Morgan fingerprint density at radius 1 is 0.605 bits per heavy atom. The van der Waals surface area contributed by atoms with Crippen LogP contribution < -0.4 is 0 Å². The molecule has 38 heavy (non-hydrogen) atoms. The van der Waals surface area contributed by atoms with Crippen molar-refractivity contribution in [1.82, 2.24) is 0 Å². The van der Waals surface area contributed by atoms with E-state index in [-0.39, 0.29) is 5.56 Å². The maximum Gasteiger partial charge on any atom is 0.448 e. The lowest BCUT2D eigenvalue weighted by Gasteiger charge is -2.42. The number of hydrogen-bond acceptors (Lipinski definition) is 4. The highest BCUT2D eigenvalue weighted by Crippen LogP contribution is 2.49. The zero-order valence-electron chi connectivity index (χ0n) is 20.5. The number of methoxy groups -OCH3 is 2. The standard InChI is InChI=1S/C28H26F6O4/c1-4-23(37-25(35-2,27(29,30)31)21-16-10-6-11-17-21)24(20-14-8-5-9-15-20)38-26(36-3,28(32,33)34)22-18-12-7-13-19-22/h4-19,23-24H,1H2,2-3H3/t23-,24+,25?,26?/m0/s1. The molecule has 3 rings (SSSR count). The summed E-state index contributed by atoms with van der Waals surface area (Å²) in [6.07, 6.45) is -12.9. The van der Waals surface area contributed by atoms with E-state index in [1.165, 1.54) is 60.7 Å². The van der Waals surface area contributed by atoms with Crippen molar-refractivity contribution in [2.45, 2.75) is 36.1 Å². The highest BCUT2D eigenvalue weighted by molar-refractivity contribution is 5.26. The maximum absolute atomic E-state index is 14.6. The molecule has 0 aliphatic rings. The second-order valence-corrected chi connectivity index (χ2v) is 8.14. The normalized spacial score (nSPS) is 17.2. The quantitative estimate of drug-likeness (QED) is 0.144. The summed E-state index contributed by atoms with van der Waals surface area (Å²) in [5.74, 6) is -6.72. The third kappa shape index (κ3) is 5.63. The highest BCUT2D eigenvalue weighted by atomic mass is 19.4. The van der Waals surface area contributed by atoms with E-state index in [0.29, 0.717) is 0 Å². The van der Waals surface area contributed by atoms with E-state index in [2.05, 4.69) is 6.58 Å². The zero-order chi connectivity index (χ0) is 28.0. The van der Waals surface area contributed by atoms with Gasteiger partial charge in [-0.2, -0.15) is 26.3 Å². The predicted octanol–water partition coefficient (Wildman–Crippen LogP) is 7.44. The maximum atomic E-state index is 14.6. The van der Waals surface area contributed by atoms with Gasteiger partial charge in [-0.3, -0.25) is 0 Å². The van der Waals surface area contributed by atoms with Crippen LogP contribution >= 0.6 is 0 Å². The molecule has 3 aromatic rings. The van der Waals surface area contributed by atoms with Gasteiger partial charge in [0.1, 0.15) is 12.2 Å². The Kier molecular flexibility index (Phi) is 9.04. The predicted molar refractivity (Wildman–Crippen MR) is 128 cm³/mol. The van der Waals surface area contributed by atoms with Crippen LogP contribution in [0.15, 0.2) is 104 Å². The van der Waals surface area contributed by atoms with Crippen molar-refractivity contribution in [3.05, 3.63) is 120 Å². The van der Waals surface area contributed by atoms with E-state index in [1.54, 1.807) is 6.07 Å². The summed E-state index contributed by atoms with van der Waals surface area (Å²) in [6.45, 7) is 3.54. The molecule has 0 bridgehead atoms. The minimum atomic E-state index is -5.15. The Bertz CT molecular complexity index is 1150. The van der Waals surface area contributed by atoms with Crippen molar-refractivity contribution in [1.29, 1.82) is 0 Å². The topological polar surface area (TPSA) is 36.9 Å². The number of hydrogen-bond donors (Lipinski definition) is 0. The SMILES string of the molecule is C=C[C@H](OC(OC)(c1ccccc1)C(F)(F)F)[C@H](OC(OC)(c1ccccc1)C(F)(F)F)c1ccccc1. The molecule has 0 saturated carbocycles. The van der Waals surface area contributed by atoms with Crippen LogP contribution in [0.25, 0.3) is 0 Å². The van der Waals surface area contributed by atoms with E-state index >= 15 is 0 Å². The second kappa shape index (κ2) is 11.7. The first kappa shape index (κ1) is 29.4. The van der Waals surface area contributed by atoms with Gasteiger partial charge < -0.3 is 18.9 Å². The molecule has 10 heteroatoms. The van der Waals surface area contributed by atoms with Gasteiger partial charge >= 0.3 is 12.4 Å². The van der Waals surface area contributed by atoms with E-state index in [9.17, 15) is 26.3 Å². The minimum Gasteiger partial charge on any atom is -0.342 e. The Labute approximate surface area is 216 Å². The molecule has 0 fully saturated rings. The molecule has 0 amide bonds. The summed E-state index contributed by atoms with van der Waals surface area (Å²) in [4.78, 5) is 0. The summed E-state index contributed by atoms with van der Waals surface area (Å²) in [7, 11) is 1.59. The Hall–Kier alpha value is -3.18. The molecular weight excluding hydrogens is 514 g/mol. The van der Waals surface area contributed by atoms with Gasteiger partial charge in [0, 0.05) is 25.3 Å². The average molecular weight is 541 g/mol. The van der Waals surface area contributed by atoms with Crippen LogP contribution in [0.1, 0.15) is 22.8 Å². The number of rotatable bonds is 11. The number of benzene rings is 3. The second-order valence-electron chi connectivity index (χ2n) is 8.14. The lowest BCUT2D eigenvalue weighted by molar-refractivity contribution is -0.423. The molecular formula is C28H26F6O4. The van der Waals surface area contributed by atoms with Gasteiger partial charge in [-0.15, -0.1) is 6.58 Å². The Morgan fingerprint density at radius 2 is 0.974 bits per heavy atom. The average Bonchev–Trinajstić information content (AvgIpc) is 2.91. The van der Waals surface area contributed by atoms with Gasteiger partial charge in [-0.25, -0.2) is 0 Å². The van der Waals surface area contributed by atoms with Crippen LogP contribution in [-0.4, -0.2) is 32.7 Å². The first-order chi connectivity index (χ1) is 18.0. The summed E-state index contributed by atoms with van der Waals surface area (Å²) in [5.41, 5.74) is -0.763. The van der Waals surface area contributed by atoms with Gasteiger partial charge in [0.25, 0.3) is 11.6 Å². The summed E-state index contributed by atoms with van der Waals surface area (Å²) >= 11 is 0. The molecule has 0 heterocycles. The van der Waals surface area contributed by atoms with E-state index in [1.807, 2.05) is 0 Å². The Balaban J connectivity index is 2.20. The molecule has 0 saturated heterocycles. The lowest BCUT2D eigenvalue weighted by Crippen LogP contribution is -2.52. The minimum absolute atomic E-state index is 0.0826. The molecule has 0 aromatic heterocycles. The van der Waals surface area contributed by atoms with Crippen molar-refractivity contribution in [3.63, 3.8) is 0 Å². The first-order valence-electron chi connectivity index (χ1n) is 11.3. The van der Waals surface area contributed by atoms with Crippen molar-refractivity contribution in [3.8, 4) is 0 Å². The lowest BCUT2D eigenvalue weighted by atomic mass is 9.99. The molecule has 0 aliphatic heterocycles. The van der Waals surface area contributed by atoms with Crippen molar-refractivity contribution >= 4 is 0 Å². The molecule has 0 radical (unpaired) electrons. The molecule has 4 atom stereocenters. The largest absolute Gasteiger partial charge is 0.448 e. The fourth-order valence-electron chi connectivity index (χ4n) is 4.05. The summed E-state index contributed by atoms with van der Waals surface area (Å²) in [5, 5.41) is 0. The van der Waals surface area contributed by atoms with Crippen LogP contribution in [0.2, 0.25) is 0 Å². The molecule has 204 valence electrons. The number of ether oxygens (including phenoxy) is 4. The highest BCUT2D eigenvalue weighted by Gasteiger charge is 2.63. The fraction of sp³-hybridized carbons (Fsp3) is 0.286. The van der Waals surface area contributed by atoms with E-state index < -0.39 is 47.3 Å². The van der Waals surface area contributed by atoms with Crippen LogP contribution in [0, 0.1) is 0 Å². The molecule has 0 spiro atoms. The smallest absolute Gasteiger partial charge is 0.342 e. The molecule has 0 N–H and O–H groups in total. The fourth-order valence-corrected chi connectivity index (χ4v) is 4.05. The number of halogens is 6. The van der Waals surface area contributed by atoms with Crippen LogP contribution in [-0.2, 0) is 30.5 Å². The first-order valence-corrected chi connectivity index (χ1v) is 11.3. The molecule has 4 nitrogen and oxygen atoms in total. The monoisotopic (exact) mass is 540 g/mol. The van der Waals surface area contributed by atoms with Crippen LogP contribution in [0.3, 0.4) is 0 Å². The zero-order valence-corrected chi connectivity index (χ0v) is 20.5. The van der Waals surface area contributed by atoms with Gasteiger partial charge in [0.05, 0.1) is 0 Å². The summed E-state index contributed by atoms with van der Waals surface area (Å²) < 4.78 is 109. The van der Waals surface area contributed by atoms with Crippen LogP contribution in [0.4, 0.5) is 26.3 Å². The van der Waals surface area contributed by atoms with E-state index in [4.69, 9.17) is 18.9 Å². The Morgan fingerprint density at radius 3 is 1.32 bits per heavy atom. The third-order valence-corrected chi connectivity index (χ3v) is 5.88. The van der Waals surface area contributed by atoms with Gasteiger partial charge in [0.2, 0.25) is 0 Å². The van der Waals surface area contributed by atoms with Gasteiger partial charge in [0.15, 0.2) is 0 Å². The van der Waals surface area contributed by atoms with Crippen molar-refractivity contribution < 1.29 is 45.3 Å². The van der Waals surface area contributed by atoms with Gasteiger partial charge in [-0.05, 0) is 5.56 Å². The summed E-state index contributed by atoms with van der Waals surface area (Å²) in [6, 6.07) is 20.3. The van der Waals surface area contributed by atoms with Crippen molar-refractivity contribution in [2.75, 3.05) is 14.2 Å². The van der Waals surface area contributed by atoms with Gasteiger partial charge in [-0.1, -0.05) is 97.1 Å². The third-order valence-electron chi connectivity index (χ3n) is 5.88. The molecule has 2 unspecified atom stereocenters. The van der Waals surface area contributed by atoms with Crippen molar-refractivity contribution in [2.24, 2.45) is 0 Å². The molecule has 3 aromatic carbocycles. The van der Waals surface area contributed by atoms with Crippen LogP contribution in [0.5, 0.6) is 0 Å².